The Kier molecular flexibility index (Phi) is 3.10. The summed E-state index contributed by atoms with van der Waals surface area (Å²) < 4.78 is 0. The second-order valence-corrected chi connectivity index (χ2v) is 5.13. The first kappa shape index (κ1) is 10.4. The fourth-order valence-electron chi connectivity index (χ4n) is 3.15. The van der Waals surface area contributed by atoms with E-state index in [-0.39, 0.29) is 0 Å². The molecule has 0 aliphatic carbocycles. The predicted octanol–water partition coefficient (Wildman–Crippen LogP) is 0.396. The van der Waals surface area contributed by atoms with Crippen LogP contribution >= 0.6 is 0 Å². The minimum atomic E-state index is 0.337. The van der Waals surface area contributed by atoms with Crippen molar-refractivity contribution in [2.75, 3.05) is 46.4 Å². The van der Waals surface area contributed by atoms with E-state index in [0.717, 1.165) is 13.0 Å². The molecule has 2 fully saturated rings. The second kappa shape index (κ2) is 4.17. The van der Waals surface area contributed by atoms with Gasteiger partial charge < -0.3 is 14.9 Å². The van der Waals surface area contributed by atoms with Crippen LogP contribution < -0.4 is 0 Å². The highest BCUT2D eigenvalue weighted by Gasteiger charge is 2.43. The molecule has 2 aliphatic rings. The summed E-state index contributed by atoms with van der Waals surface area (Å²) in [4.78, 5) is 4.95. The van der Waals surface area contributed by atoms with Crippen molar-refractivity contribution in [2.45, 2.75) is 19.3 Å². The van der Waals surface area contributed by atoms with Gasteiger partial charge in [0.15, 0.2) is 0 Å². The van der Waals surface area contributed by atoms with Gasteiger partial charge in [0, 0.05) is 38.2 Å². The molecule has 2 rings (SSSR count). The summed E-state index contributed by atoms with van der Waals surface area (Å²) in [6.45, 7) is 6.49. The maximum Gasteiger partial charge on any atom is 0.0443 e. The molecular weight excluding hydrogens is 176 g/mol. The molecule has 0 unspecified atom stereocenters. The molecule has 2 aliphatic heterocycles. The summed E-state index contributed by atoms with van der Waals surface area (Å²) in [6.07, 6.45) is 3.69. The minimum Gasteiger partial charge on any atom is -0.396 e. The quantitative estimate of drug-likeness (QED) is 0.711. The highest BCUT2D eigenvalue weighted by molar-refractivity contribution is 4.97. The lowest BCUT2D eigenvalue weighted by Gasteiger charge is -2.53. The molecule has 3 heteroatoms. The van der Waals surface area contributed by atoms with Gasteiger partial charge in [-0.25, -0.2) is 0 Å². The predicted molar refractivity (Wildman–Crippen MR) is 57.3 cm³/mol. The fraction of sp³-hybridized carbons (Fsp3) is 1.00. The van der Waals surface area contributed by atoms with Gasteiger partial charge in [-0.1, -0.05) is 0 Å². The van der Waals surface area contributed by atoms with Crippen LogP contribution in [0.3, 0.4) is 0 Å². The molecule has 82 valence electrons. The van der Waals surface area contributed by atoms with Crippen LogP contribution in [0.5, 0.6) is 0 Å². The van der Waals surface area contributed by atoms with Crippen molar-refractivity contribution in [2.24, 2.45) is 5.41 Å². The monoisotopic (exact) mass is 198 g/mol. The van der Waals surface area contributed by atoms with Gasteiger partial charge in [0.05, 0.1) is 0 Å². The lowest BCUT2D eigenvalue weighted by atomic mass is 9.73. The van der Waals surface area contributed by atoms with Crippen LogP contribution in [0.25, 0.3) is 0 Å². The molecule has 0 amide bonds. The lowest BCUT2D eigenvalue weighted by Crippen LogP contribution is -2.61. The van der Waals surface area contributed by atoms with E-state index in [0.29, 0.717) is 12.0 Å². The first-order valence-electron chi connectivity index (χ1n) is 5.76. The molecule has 0 bridgehead atoms. The van der Waals surface area contributed by atoms with E-state index in [4.69, 9.17) is 5.11 Å². The zero-order valence-corrected chi connectivity index (χ0v) is 9.21. The van der Waals surface area contributed by atoms with E-state index in [2.05, 4.69) is 16.8 Å². The average Bonchev–Trinajstić information content (AvgIpc) is 2.13. The first-order chi connectivity index (χ1) is 6.74. The van der Waals surface area contributed by atoms with Crippen molar-refractivity contribution >= 4 is 0 Å². The Bertz CT molecular complexity index is 184. The third-order valence-corrected chi connectivity index (χ3v) is 3.58. The molecule has 0 saturated carbocycles. The van der Waals surface area contributed by atoms with E-state index in [1.165, 1.54) is 39.0 Å². The Labute approximate surface area is 86.7 Å². The van der Waals surface area contributed by atoms with Crippen LogP contribution in [0.4, 0.5) is 0 Å². The van der Waals surface area contributed by atoms with E-state index in [9.17, 15) is 0 Å². The van der Waals surface area contributed by atoms with Crippen LogP contribution in [-0.4, -0.2) is 61.3 Å². The average molecular weight is 198 g/mol. The van der Waals surface area contributed by atoms with Crippen LogP contribution in [0.15, 0.2) is 0 Å². The molecule has 2 heterocycles. The Morgan fingerprint density at radius 1 is 1.29 bits per heavy atom. The standard InChI is InChI=1S/C11H22N2O/c1-12-8-11(9-12)4-2-5-13(10-11)6-3-7-14/h14H,2-10H2,1H3. The summed E-state index contributed by atoms with van der Waals surface area (Å²) in [5.41, 5.74) is 0.614. The zero-order chi connectivity index (χ0) is 10.0. The van der Waals surface area contributed by atoms with Crippen molar-refractivity contribution in [1.82, 2.24) is 9.80 Å². The smallest absolute Gasteiger partial charge is 0.0443 e. The Hall–Kier alpha value is -0.120. The summed E-state index contributed by atoms with van der Waals surface area (Å²) in [6, 6.07) is 0. The Morgan fingerprint density at radius 3 is 2.71 bits per heavy atom. The van der Waals surface area contributed by atoms with Crippen molar-refractivity contribution in [3.8, 4) is 0 Å². The molecule has 0 aromatic heterocycles. The minimum absolute atomic E-state index is 0.337. The van der Waals surface area contributed by atoms with E-state index >= 15 is 0 Å². The van der Waals surface area contributed by atoms with Crippen LogP contribution in [0.2, 0.25) is 0 Å². The first-order valence-corrected chi connectivity index (χ1v) is 5.76. The summed E-state index contributed by atoms with van der Waals surface area (Å²) in [5, 5.41) is 8.81. The van der Waals surface area contributed by atoms with Gasteiger partial charge in [-0.2, -0.15) is 0 Å². The highest BCUT2D eigenvalue weighted by atomic mass is 16.3. The van der Waals surface area contributed by atoms with Gasteiger partial charge in [-0.05, 0) is 32.9 Å². The molecule has 0 atom stereocenters. The van der Waals surface area contributed by atoms with Gasteiger partial charge >= 0.3 is 0 Å². The highest BCUT2D eigenvalue weighted by Crippen LogP contribution is 2.37. The van der Waals surface area contributed by atoms with Gasteiger partial charge in [0.1, 0.15) is 0 Å². The number of nitrogens with zero attached hydrogens (tertiary/aromatic N) is 2. The van der Waals surface area contributed by atoms with Crippen molar-refractivity contribution in [3.05, 3.63) is 0 Å². The maximum absolute atomic E-state index is 8.81. The number of aliphatic hydroxyl groups is 1. The molecule has 0 radical (unpaired) electrons. The number of hydrogen-bond acceptors (Lipinski definition) is 3. The Morgan fingerprint density at radius 2 is 2.07 bits per heavy atom. The lowest BCUT2D eigenvalue weighted by molar-refractivity contribution is -0.0409. The normalized spacial score (nSPS) is 27.9. The number of likely N-dealkylation sites (tertiary alicyclic amines) is 2. The number of piperidine rings is 1. The van der Waals surface area contributed by atoms with Gasteiger partial charge in [-0.3, -0.25) is 0 Å². The van der Waals surface area contributed by atoms with Gasteiger partial charge in [-0.15, -0.1) is 0 Å². The fourth-order valence-corrected chi connectivity index (χ4v) is 3.15. The molecule has 1 spiro atoms. The molecule has 0 aromatic carbocycles. The topological polar surface area (TPSA) is 26.7 Å². The van der Waals surface area contributed by atoms with E-state index in [1.807, 2.05) is 0 Å². The third kappa shape index (κ3) is 2.10. The molecular formula is C11H22N2O. The van der Waals surface area contributed by atoms with E-state index < -0.39 is 0 Å². The SMILES string of the molecule is CN1CC2(CCCN(CCCO)C2)C1. The van der Waals surface area contributed by atoms with Gasteiger partial charge in [0.2, 0.25) is 0 Å². The van der Waals surface area contributed by atoms with Crippen LogP contribution in [-0.2, 0) is 0 Å². The summed E-state index contributed by atoms with van der Waals surface area (Å²) in [7, 11) is 2.21. The van der Waals surface area contributed by atoms with Crippen LogP contribution in [0, 0.1) is 5.41 Å². The number of rotatable bonds is 3. The Balaban J connectivity index is 1.79. The third-order valence-electron chi connectivity index (χ3n) is 3.58. The van der Waals surface area contributed by atoms with Crippen molar-refractivity contribution < 1.29 is 5.11 Å². The van der Waals surface area contributed by atoms with Crippen molar-refractivity contribution in [1.29, 1.82) is 0 Å². The van der Waals surface area contributed by atoms with Crippen LogP contribution in [0.1, 0.15) is 19.3 Å². The van der Waals surface area contributed by atoms with Gasteiger partial charge in [0.25, 0.3) is 0 Å². The van der Waals surface area contributed by atoms with E-state index in [1.54, 1.807) is 0 Å². The summed E-state index contributed by atoms with van der Waals surface area (Å²) in [5.74, 6) is 0. The zero-order valence-electron chi connectivity index (χ0n) is 9.21. The maximum atomic E-state index is 8.81. The number of hydrogen-bond donors (Lipinski definition) is 1. The second-order valence-electron chi connectivity index (χ2n) is 5.13. The summed E-state index contributed by atoms with van der Waals surface area (Å²) >= 11 is 0. The molecule has 0 aromatic rings. The number of aliphatic hydroxyl groups excluding tert-OH is 1. The molecule has 14 heavy (non-hydrogen) atoms. The van der Waals surface area contributed by atoms with Crippen molar-refractivity contribution in [3.63, 3.8) is 0 Å². The molecule has 2 saturated heterocycles. The largest absolute Gasteiger partial charge is 0.396 e. The molecule has 1 N–H and O–H groups in total. The molecule has 3 nitrogen and oxygen atoms in total.